The Hall–Kier alpha value is -1.44. The summed E-state index contributed by atoms with van der Waals surface area (Å²) in [6, 6.07) is 6.95. The zero-order valence-corrected chi connectivity index (χ0v) is 14.8. The molecule has 0 saturated carbocycles. The van der Waals surface area contributed by atoms with Gasteiger partial charge in [-0.15, -0.1) is 0 Å². The number of aromatic nitrogens is 1. The number of nitrogens with zero attached hydrogens (tertiary/aromatic N) is 1. The summed E-state index contributed by atoms with van der Waals surface area (Å²) in [6.07, 6.45) is 2.77. The molecular weight excluding hydrogens is 313 g/mol. The SMILES string of the molecule is CC1(C)OB(c2ccc(S(C)(=O)=O)c3ncccc23)OC1(C)C. The van der Waals surface area contributed by atoms with Gasteiger partial charge in [0.15, 0.2) is 9.84 Å². The first-order valence-electron chi connectivity index (χ1n) is 7.46. The molecule has 2 aromatic rings. The normalized spacial score (nSPS) is 20.1. The van der Waals surface area contributed by atoms with Gasteiger partial charge >= 0.3 is 7.12 Å². The van der Waals surface area contributed by atoms with Crippen molar-refractivity contribution in [3.05, 3.63) is 30.5 Å². The molecule has 1 aliphatic rings. The predicted molar refractivity (Wildman–Crippen MR) is 90.6 cm³/mol. The van der Waals surface area contributed by atoms with Crippen LogP contribution < -0.4 is 5.46 Å². The maximum atomic E-state index is 12.0. The van der Waals surface area contributed by atoms with Gasteiger partial charge in [0.05, 0.1) is 21.6 Å². The molecule has 7 heteroatoms. The summed E-state index contributed by atoms with van der Waals surface area (Å²) in [5, 5.41) is 0.730. The zero-order valence-electron chi connectivity index (χ0n) is 14.0. The van der Waals surface area contributed by atoms with Gasteiger partial charge in [0.2, 0.25) is 0 Å². The van der Waals surface area contributed by atoms with Crippen LogP contribution in [0.15, 0.2) is 35.4 Å². The molecule has 0 aliphatic carbocycles. The largest absolute Gasteiger partial charge is 0.495 e. The van der Waals surface area contributed by atoms with Crippen LogP contribution in [0, 0.1) is 0 Å². The predicted octanol–water partition coefficient (Wildman–Crippen LogP) is 1.94. The van der Waals surface area contributed by atoms with Gasteiger partial charge in [-0.05, 0) is 45.3 Å². The van der Waals surface area contributed by atoms with Gasteiger partial charge in [-0.25, -0.2) is 8.42 Å². The van der Waals surface area contributed by atoms with Crippen LogP contribution in [0.3, 0.4) is 0 Å². The molecule has 3 rings (SSSR count). The Morgan fingerprint density at radius 1 is 1.04 bits per heavy atom. The van der Waals surface area contributed by atoms with Crippen LogP contribution in [-0.2, 0) is 19.1 Å². The van der Waals surface area contributed by atoms with Crippen molar-refractivity contribution in [3.8, 4) is 0 Å². The highest BCUT2D eigenvalue weighted by Gasteiger charge is 2.52. The third kappa shape index (κ3) is 2.67. The molecule has 0 N–H and O–H groups in total. The molecule has 0 atom stereocenters. The lowest BCUT2D eigenvalue weighted by Gasteiger charge is -2.32. The van der Waals surface area contributed by atoms with E-state index in [1.54, 1.807) is 24.4 Å². The Morgan fingerprint density at radius 3 is 2.22 bits per heavy atom. The standard InChI is InChI=1S/C16H20BNO4S/c1-15(2)16(3,4)22-17(21-15)12-8-9-13(23(5,19)20)14-11(12)7-6-10-18-14/h6-10H,1-5H3. The van der Waals surface area contributed by atoms with Crippen LogP contribution >= 0.6 is 0 Å². The van der Waals surface area contributed by atoms with E-state index in [4.69, 9.17) is 9.31 Å². The van der Waals surface area contributed by atoms with Gasteiger partial charge in [0.25, 0.3) is 0 Å². The Bertz CT molecular complexity index is 861. The highest BCUT2D eigenvalue weighted by atomic mass is 32.2. The molecular formula is C16H20BNO4S. The van der Waals surface area contributed by atoms with Gasteiger partial charge in [-0.1, -0.05) is 12.1 Å². The summed E-state index contributed by atoms with van der Waals surface area (Å²) in [6.45, 7) is 7.94. The lowest BCUT2D eigenvalue weighted by atomic mass is 9.76. The molecule has 2 heterocycles. The van der Waals surface area contributed by atoms with Crippen molar-refractivity contribution in [3.63, 3.8) is 0 Å². The summed E-state index contributed by atoms with van der Waals surface area (Å²) in [7, 11) is -3.91. The smallest absolute Gasteiger partial charge is 0.399 e. The highest BCUT2D eigenvalue weighted by molar-refractivity contribution is 7.91. The van der Waals surface area contributed by atoms with Crippen LogP contribution in [0.25, 0.3) is 10.9 Å². The molecule has 1 aromatic carbocycles. The van der Waals surface area contributed by atoms with E-state index < -0.39 is 28.2 Å². The van der Waals surface area contributed by atoms with Crippen LogP contribution in [0.5, 0.6) is 0 Å². The van der Waals surface area contributed by atoms with Crippen LogP contribution in [0.2, 0.25) is 0 Å². The minimum Gasteiger partial charge on any atom is -0.399 e. The number of fused-ring (bicyclic) bond motifs is 1. The first kappa shape index (κ1) is 16.4. The fourth-order valence-electron chi connectivity index (χ4n) is 2.64. The summed E-state index contributed by atoms with van der Waals surface area (Å²) in [5.41, 5.74) is 0.324. The number of hydrogen-bond acceptors (Lipinski definition) is 5. The summed E-state index contributed by atoms with van der Waals surface area (Å²) >= 11 is 0. The average molecular weight is 333 g/mol. The van der Waals surface area contributed by atoms with E-state index in [1.807, 2.05) is 33.8 Å². The van der Waals surface area contributed by atoms with Crippen molar-refractivity contribution in [2.24, 2.45) is 0 Å². The second kappa shape index (κ2) is 5.03. The molecule has 0 spiro atoms. The molecule has 1 fully saturated rings. The first-order chi connectivity index (χ1) is 10.5. The molecule has 0 bridgehead atoms. The number of sulfone groups is 1. The molecule has 1 aliphatic heterocycles. The zero-order chi connectivity index (χ0) is 17.0. The van der Waals surface area contributed by atoms with Gasteiger partial charge in [0.1, 0.15) is 0 Å². The third-order valence-corrected chi connectivity index (χ3v) is 5.80. The maximum Gasteiger partial charge on any atom is 0.495 e. The molecule has 0 amide bonds. The lowest BCUT2D eigenvalue weighted by Crippen LogP contribution is -2.41. The summed E-state index contributed by atoms with van der Waals surface area (Å²) in [5.74, 6) is 0. The van der Waals surface area contributed by atoms with Crippen LogP contribution in [0.1, 0.15) is 27.7 Å². The highest BCUT2D eigenvalue weighted by Crippen LogP contribution is 2.37. The molecule has 5 nitrogen and oxygen atoms in total. The second-order valence-corrected chi connectivity index (χ2v) is 8.90. The first-order valence-corrected chi connectivity index (χ1v) is 9.35. The summed E-state index contributed by atoms with van der Waals surface area (Å²) in [4.78, 5) is 4.48. The Kier molecular flexibility index (Phi) is 3.59. The van der Waals surface area contributed by atoms with Crippen molar-refractivity contribution < 1.29 is 17.7 Å². The Morgan fingerprint density at radius 2 is 1.65 bits per heavy atom. The minimum absolute atomic E-state index is 0.216. The Labute approximate surface area is 137 Å². The monoisotopic (exact) mass is 333 g/mol. The Balaban J connectivity index is 2.19. The lowest BCUT2D eigenvalue weighted by molar-refractivity contribution is 0.00578. The molecule has 1 aromatic heterocycles. The van der Waals surface area contributed by atoms with Gasteiger partial charge in [0, 0.05) is 17.8 Å². The van der Waals surface area contributed by atoms with Crippen molar-refractivity contribution in [2.75, 3.05) is 6.26 Å². The van der Waals surface area contributed by atoms with Crippen LogP contribution in [-0.4, -0.2) is 38.0 Å². The maximum absolute atomic E-state index is 12.0. The van der Waals surface area contributed by atoms with Crippen LogP contribution in [0.4, 0.5) is 0 Å². The molecule has 0 unspecified atom stereocenters. The van der Waals surface area contributed by atoms with Gasteiger partial charge < -0.3 is 9.31 Å². The van der Waals surface area contributed by atoms with E-state index >= 15 is 0 Å². The minimum atomic E-state index is -3.36. The molecule has 23 heavy (non-hydrogen) atoms. The van der Waals surface area contributed by atoms with Crippen molar-refractivity contribution in [1.82, 2.24) is 4.98 Å². The number of benzene rings is 1. The third-order valence-electron chi connectivity index (χ3n) is 4.67. The van der Waals surface area contributed by atoms with E-state index in [9.17, 15) is 8.42 Å². The molecule has 0 radical (unpaired) electrons. The van der Waals surface area contributed by atoms with E-state index in [0.29, 0.717) is 5.52 Å². The summed E-state index contributed by atoms with van der Waals surface area (Å²) < 4.78 is 36.1. The van der Waals surface area contributed by atoms with E-state index in [1.165, 1.54) is 6.26 Å². The van der Waals surface area contributed by atoms with E-state index in [2.05, 4.69) is 4.98 Å². The van der Waals surface area contributed by atoms with E-state index in [-0.39, 0.29) is 4.90 Å². The second-order valence-electron chi connectivity index (χ2n) is 6.91. The molecule has 1 saturated heterocycles. The van der Waals surface area contributed by atoms with E-state index in [0.717, 1.165) is 10.8 Å². The fourth-order valence-corrected chi connectivity index (χ4v) is 3.47. The topological polar surface area (TPSA) is 65.5 Å². The number of rotatable bonds is 2. The van der Waals surface area contributed by atoms with Crippen molar-refractivity contribution >= 4 is 33.3 Å². The average Bonchev–Trinajstić information content (AvgIpc) is 2.65. The fraction of sp³-hybridized carbons (Fsp3) is 0.438. The van der Waals surface area contributed by atoms with Crippen molar-refractivity contribution in [1.29, 1.82) is 0 Å². The molecule has 122 valence electrons. The van der Waals surface area contributed by atoms with Gasteiger partial charge in [-0.2, -0.15) is 0 Å². The number of pyridine rings is 1. The quantitative estimate of drug-likeness (QED) is 0.786. The number of hydrogen-bond donors (Lipinski definition) is 0. The van der Waals surface area contributed by atoms with Gasteiger partial charge in [-0.3, -0.25) is 4.98 Å². The van der Waals surface area contributed by atoms with Crippen molar-refractivity contribution in [2.45, 2.75) is 43.8 Å².